The molecule has 4 fully saturated rings. The Balaban J connectivity index is 1.40. The summed E-state index contributed by atoms with van der Waals surface area (Å²) in [7, 11) is 0. The predicted molar refractivity (Wildman–Crippen MR) is 106 cm³/mol. The summed E-state index contributed by atoms with van der Waals surface area (Å²) in [6, 6.07) is 5.49. The molecule has 4 aliphatic rings. The molecule has 2 bridgehead atoms. The molecular formula is C21H23F3N2O2S. The van der Waals surface area contributed by atoms with E-state index in [1.54, 1.807) is 19.1 Å². The van der Waals surface area contributed by atoms with Crippen molar-refractivity contribution in [2.75, 3.05) is 19.7 Å². The predicted octanol–water partition coefficient (Wildman–Crippen LogP) is 4.51. The van der Waals surface area contributed by atoms with Gasteiger partial charge in [0.05, 0.1) is 15.6 Å². The summed E-state index contributed by atoms with van der Waals surface area (Å²) in [5.41, 5.74) is 0.773. The second-order valence-electron chi connectivity index (χ2n) is 8.52. The van der Waals surface area contributed by atoms with Gasteiger partial charge in [-0.05, 0) is 68.6 Å². The molecule has 1 unspecified atom stereocenters. The number of hydrogen-bond acceptors (Lipinski definition) is 4. The number of thiophene rings is 1. The molecule has 3 saturated heterocycles. The molecule has 1 spiro atoms. The van der Waals surface area contributed by atoms with Crippen LogP contribution in [0.3, 0.4) is 0 Å². The maximum absolute atomic E-state index is 13.0. The van der Waals surface area contributed by atoms with Crippen LogP contribution in [-0.4, -0.2) is 48.3 Å². The molecule has 1 N–H and O–H groups in total. The Morgan fingerprint density at radius 3 is 2.69 bits per heavy atom. The lowest BCUT2D eigenvalue weighted by molar-refractivity contribution is -0.153. The smallest absolute Gasteiger partial charge is 0.422 e. The van der Waals surface area contributed by atoms with Crippen LogP contribution in [-0.2, 0) is 0 Å². The van der Waals surface area contributed by atoms with Crippen molar-refractivity contribution in [3.63, 3.8) is 0 Å². The third kappa shape index (κ3) is 3.30. The van der Waals surface area contributed by atoms with Crippen LogP contribution < -0.4 is 10.1 Å². The van der Waals surface area contributed by atoms with Crippen molar-refractivity contribution in [1.29, 1.82) is 0 Å². The highest BCUT2D eigenvalue weighted by molar-refractivity contribution is 7.21. The summed E-state index contributed by atoms with van der Waals surface area (Å²) in [6.07, 6.45) is 0.104. The number of benzene rings is 1. The lowest BCUT2D eigenvalue weighted by Gasteiger charge is -2.52. The van der Waals surface area contributed by atoms with E-state index in [-0.39, 0.29) is 23.2 Å². The molecule has 8 heteroatoms. The fourth-order valence-corrected chi connectivity index (χ4v) is 6.27. The van der Waals surface area contributed by atoms with Gasteiger partial charge in [0.25, 0.3) is 5.91 Å². The van der Waals surface area contributed by atoms with E-state index in [1.165, 1.54) is 11.3 Å². The van der Waals surface area contributed by atoms with Crippen molar-refractivity contribution in [3.8, 4) is 5.75 Å². The van der Waals surface area contributed by atoms with E-state index < -0.39 is 12.8 Å². The Morgan fingerprint density at radius 2 is 2.03 bits per heavy atom. The number of rotatable bonds is 4. The molecule has 156 valence electrons. The Labute approximate surface area is 171 Å². The molecule has 2 aromatic rings. The average molecular weight is 424 g/mol. The summed E-state index contributed by atoms with van der Waals surface area (Å²) in [4.78, 5) is 16.1. The van der Waals surface area contributed by atoms with E-state index >= 15 is 0 Å². The first-order chi connectivity index (χ1) is 13.8. The molecular weight excluding hydrogens is 401 g/mol. The third-order valence-electron chi connectivity index (χ3n) is 6.71. The molecule has 1 saturated carbocycles. The SMILES string of the molecule is Cc1ccc2cc(C(=O)NC3C4CCN(CC4)C34CC4)sc2c1OCC(F)(F)F. The number of hydrogen-bond donors (Lipinski definition) is 1. The van der Waals surface area contributed by atoms with Crippen molar-refractivity contribution in [2.24, 2.45) is 5.92 Å². The second kappa shape index (κ2) is 6.60. The summed E-state index contributed by atoms with van der Waals surface area (Å²) in [5.74, 6) is 0.606. The number of amides is 1. The summed E-state index contributed by atoms with van der Waals surface area (Å²) in [6.45, 7) is 2.63. The van der Waals surface area contributed by atoms with Gasteiger partial charge in [0, 0.05) is 5.54 Å². The number of carbonyl (C=O) groups excluding carboxylic acids is 1. The molecule has 6 rings (SSSR count). The number of ether oxygens (including phenoxy) is 1. The van der Waals surface area contributed by atoms with Gasteiger partial charge in [0.2, 0.25) is 0 Å². The number of alkyl halides is 3. The number of aryl methyl sites for hydroxylation is 1. The van der Waals surface area contributed by atoms with Crippen LogP contribution in [0.4, 0.5) is 13.2 Å². The maximum atomic E-state index is 13.0. The lowest BCUT2D eigenvalue weighted by Crippen LogP contribution is -2.65. The van der Waals surface area contributed by atoms with E-state index in [4.69, 9.17) is 4.74 Å². The standard InChI is InChI=1S/C21H23F3N2O2S/c1-12-2-3-14-10-15(29-17(14)16(12)28-11-21(22,23)24)19(27)25-18-13-4-8-26(9-5-13)20(18)6-7-20/h2-3,10,13,18H,4-9,11H2,1H3,(H,25,27). The molecule has 1 atom stereocenters. The number of nitrogens with one attached hydrogen (secondary N) is 1. The van der Waals surface area contributed by atoms with Crippen LogP contribution >= 0.6 is 11.3 Å². The Hall–Kier alpha value is -1.80. The molecule has 1 aliphatic carbocycles. The van der Waals surface area contributed by atoms with Gasteiger partial charge in [-0.25, -0.2) is 0 Å². The van der Waals surface area contributed by atoms with Crippen molar-refractivity contribution in [1.82, 2.24) is 10.2 Å². The normalized spacial score (nSPS) is 27.4. The van der Waals surface area contributed by atoms with Gasteiger partial charge < -0.3 is 10.1 Å². The highest BCUT2D eigenvalue weighted by atomic mass is 32.1. The van der Waals surface area contributed by atoms with Crippen LogP contribution in [0, 0.1) is 12.8 Å². The quantitative estimate of drug-likeness (QED) is 0.785. The van der Waals surface area contributed by atoms with Crippen molar-refractivity contribution < 1.29 is 22.7 Å². The fraction of sp³-hybridized carbons (Fsp3) is 0.571. The van der Waals surface area contributed by atoms with Gasteiger partial charge in [-0.1, -0.05) is 12.1 Å². The zero-order chi connectivity index (χ0) is 20.4. The first-order valence-corrected chi connectivity index (χ1v) is 10.9. The van der Waals surface area contributed by atoms with Gasteiger partial charge in [-0.3, -0.25) is 9.69 Å². The van der Waals surface area contributed by atoms with E-state index in [1.807, 2.05) is 6.07 Å². The van der Waals surface area contributed by atoms with E-state index in [0.29, 0.717) is 21.1 Å². The van der Waals surface area contributed by atoms with Gasteiger partial charge in [0.15, 0.2) is 6.61 Å². The minimum Gasteiger partial charge on any atom is -0.482 e. The van der Waals surface area contributed by atoms with Crippen LogP contribution in [0.1, 0.15) is 40.9 Å². The summed E-state index contributed by atoms with van der Waals surface area (Å²) >= 11 is 1.21. The number of halogens is 3. The number of carbonyl (C=O) groups is 1. The number of piperidine rings is 3. The molecule has 29 heavy (non-hydrogen) atoms. The topological polar surface area (TPSA) is 41.6 Å². The van der Waals surface area contributed by atoms with Crippen molar-refractivity contribution in [3.05, 3.63) is 28.6 Å². The minimum atomic E-state index is -4.40. The van der Waals surface area contributed by atoms with Crippen molar-refractivity contribution in [2.45, 2.75) is 50.4 Å². The second-order valence-corrected chi connectivity index (χ2v) is 9.58. The highest BCUT2D eigenvalue weighted by Crippen LogP contribution is 2.53. The van der Waals surface area contributed by atoms with Crippen LogP contribution in [0.2, 0.25) is 0 Å². The molecule has 1 amide bonds. The zero-order valence-corrected chi connectivity index (χ0v) is 17.0. The van der Waals surface area contributed by atoms with Gasteiger partial charge >= 0.3 is 6.18 Å². The third-order valence-corrected chi connectivity index (χ3v) is 7.86. The highest BCUT2D eigenvalue weighted by Gasteiger charge is 2.60. The van der Waals surface area contributed by atoms with E-state index in [9.17, 15) is 18.0 Å². The summed E-state index contributed by atoms with van der Waals surface area (Å²) in [5, 5.41) is 4.01. The van der Waals surface area contributed by atoms with Gasteiger partial charge in [-0.15, -0.1) is 11.3 Å². The van der Waals surface area contributed by atoms with E-state index in [0.717, 1.165) is 44.2 Å². The van der Waals surface area contributed by atoms with Crippen LogP contribution in [0.15, 0.2) is 18.2 Å². The van der Waals surface area contributed by atoms with Crippen molar-refractivity contribution >= 4 is 27.3 Å². The fourth-order valence-electron chi connectivity index (χ4n) is 5.15. The maximum Gasteiger partial charge on any atom is 0.422 e. The lowest BCUT2D eigenvalue weighted by atomic mass is 9.77. The van der Waals surface area contributed by atoms with Crippen LogP contribution in [0.5, 0.6) is 5.75 Å². The largest absolute Gasteiger partial charge is 0.482 e. The Bertz CT molecular complexity index is 959. The van der Waals surface area contributed by atoms with Crippen LogP contribution in [0.25, 0.3) is 10.1 Å². The summed E-state index contributed by atoms with van der Waals surface area (Å²) < 4.78 is 43.6. The van der Waals surface area contributed by atoms with Gasteiger partial charge in [0.1, 0.15) is 5.75 Å². The van der Waals surface area contributed by atoms with Gasteiger partial charge in [-0.2, -0.15) is 13.2 Å². The molecule has 3 aliphatic heterocycles. The molecule has 4 heterocycles. The molecule has 1 aromatic carbocycles. The molecule has 0 radical (unpaired) electrons. The average Bonchev–Trinajstić information content (AvgIpc) is 3.33. The molecule has 4 nitrogen and oxygen atoms in total. The minimum absolute atomic E-state index is 0.129. The first-order valence-electron chi connectivity index (χ1n) is 10.1. The zero-order valence-electron chi connectivity index (χ0n) is 16.1. The number of fused-ring (bicyclic) bond motifs is 3. The van der Waals surface area contributed by atoms with E-state index in [2.05, 4.69) is 10.2 Å². The monoisotopic (exact) mass is 424 g/mol. The number of nitrogens with zero attached hydrogens (tertiary/aromatic N) is 1. The first kappa shape index (κ1) is 19.2. The Morgan fingerprint density at radius 1 is 1.31 bits per heavy atom. The Kier molecular flexibility index (Phi) is 4.37. The molecule has 1 aromatic heterocycles.